The summed E-state index contributed by atoms with van der Waals surface area (Å²) < 4.78 is 25.5. The number of anilines is 1. The van der Waals surface area contributed by atoms with Crippen molar-refractivity contribution in [1.82, 2.24) is 20.2 Å². The van der Waals surface area contributed by atoms with Crippen molar-refractivity contribution in [3.63, 3.8) is 0 Å². The Morgan fingerprint density at radius 2 is 1.67 bits per heavy atom. The van der Waals surface area contributed by atoms with Crippen LogP contribution < -0.4 is 5.73 Å². The molecule has 0 bridgehead atoms. The van der Waals surface area contributed by atoms with Crippen molar-refractivity contribution in [2.75, 3.05) is 5.73 Å². The summed E-state index contributed by atoms with van der Waals surface area (Å²) in [6, 6.07) is 3.03. The normalized spacial score (nSPS) is 12.2. The molecular formula is C13H11Cl2N5O2S2. The van der Waals surface area contributed by atoms with Gasteiger partial charge in [0.25, 0.3) is 9.84 Å². The van der Waals surface area contributed by atoms with E-state index in [9.17, 15) is 8.42 Å². The van der Waals surface area contributed by atoms with E-state index in [0.717, 1.165) is 11.3 Å². The number of halogens is 2. The predicted molar refractivity (Wildman–Crippen MR) is 93.4 cm³/mol. The lowest BCUT2D eigenvalue weighted by Crippen LogP contribution is -2.11. The molecule has 0 aliphatic carbocycles. The highest BCUT2D eigenvalue weighted by Gasteiger charge is 2.30. The average molecular weight is 404 g/mol. The molecule has 0 amide bonds. The highest BCUT2D eigenvalue weighted by molar-refractivity contribution is 7.93. The highest BCUT2D eigenvalue weighted by Crippen LogP contribution is 2.32. The van der Waals surface area contributed by atoms with Gasteiger partial charge >= 0.3 is 0 Å². The quantitative estimate of drug-likeness (QED) is 0.713. The van der Waals surface area contributed by atoms with E-state index in [1.54, 1.807) is 6.07 Å². The van der Waals surface area contributed by atoms with Crippen LogP contribution in [0.5, 0.6) is 0 Å². The molecule has 2 heterocycles. The van der Waals surface area contributed by atoms with E-state index in [0.29, 0.717) is 21.7 Å². The van der Waals surface area contributed by atoms with E-state index >= 15 is 0 Å². The molecule has 2 N–H and O–H groups in total. The Bertz CT molecular complexity index is 1050. The van der Waals surface area contributed by atoms with Crippen molar-refractivity contribution in [1.29, 1.82) is 0 Å². The number of hydrogen-bond acceptors (Lipinski definition) is 8. The first-order valence-corrected chi connectivity index (χ1v) is 9.76. The monoisotopic (exact) mass is 403 g/mol. The number of nitrogens with zero attached hydrogens (tertiary/aromatic N) is 4. The van der Waals surface area contributed by atoms with Crippen molar-refractivity contribution in [3.8, 4) is 0 Å². The number of nitrogen functional groups attached to an aromatic ring is 1. The molecule has 0 aliphatic heterocycles. The maximum Gasteiger partial charge on any atom is 0.254 e. The van der Waals surface area contributed by atoms with E-state index in [1.807, 2.05) is 13.8 Å². The average Bonchev–Trinajstić information content (AvgIpc) is 2.94. The van der Waals surface area contributed by atoms with Gasteiger partial charge in [0.05, 0.1) is 26.8 Å². The van der Waals surface area contributed by atoms with Crippen LogP contribution in [0.1, 0.15) is 25.5 Å². The Balaban J connectivity index is 2.33. The molecule has 0 radical (unpaired) electrons. The Labute approximate surface area is 151 Å². The summed E-state index contributed by atoms with van der Waals surface area (Å²) in [5.74, 6) is -0.189. The molecule has 7 nitrogen and oxygen atoms in total. The predicted octanol–water partition coefficient (Wildman–Crippen LogP) is 3.33. The van der Waals surface area contributed by atoms with Gasteiger partial charge in [-0.25, -0.2) is 18.4 Å². The van der Waals surface area contributed by atoms with Gasteiger partial charge in [0.1, 0.15) is 0 Å². The molecule has 3 rings (SSSR count). The second-order valence-electron chi connectivity index (χ2n) is 5.23. The van der Waals surface area contributed by atoms with Crippen LogP contribution in [0.2, 0.25) is 10.0 Å². The molecule has 24 heavy (non-hydrogen) atoms. The van der Waals surface area contributed by atoms with E-state index < -0.39 is 9.84 Å². The molecule has 0 saturated heterocycles. The zero-order valence-electron chi connectivity index (χ0n) is 12.5. The summed E-state index contributed by atoms with van der Waals surface area (Å²) in [5.41, 5.74) is 6.59. The van der Waals surface area contributed by atoms with Crippen molar-refractivity contribution in [2.24, 2.45) is 0 Å². The molecule has 0 fully saturated rings. The Kier molecular flexibility index (Phi) is 4.37. The lowest BCUT2D eigenvalue weighted by molar-refractivity contribution is 0.586. The summed E-state index contributed by atoms with van der Waals surface area (Å²) in [6.07, 6.45) is 0. The van der Waals surface area contributed by atoms with E-state index in [1.165, 1.54) is 6.07 Å². The molecule has 0 atom stereocenters. The van der Waals surface area contributed by atoms with Crippen LogP contribution in [0.4, 0.5) is 5.13 Å². The molecule has 2 aromatic heterocycles. The first kappa shape index (κ1) is 17.3. The topological polar surface area (TPSA) is 112 Å². The second kappa shape index (κ2) is 6.07. The zero-order chi connectivity index (χ0) is 17.6. The van der Waals surface area contributed by atoms with Crippen molar-refractivity contribution >= 4 is 60.5 Å². The van der Waals surface area contributed by atoms with Gasteiger partial charge < -0.3 is 5.73 Å². The van der Waals surface area contributed by atoms with Crippen LogP contribution in [0.25, 0.3) is 11.0 Å². The summed E-state index contributed by atoms with van der Waals surface area (Å²) in [6.45, 7) is 3.64. The third-order valence-corrected chi connectivity index (χ3v) is 6.68. The number of benzene rings is 1. The van der Waals surface area contributed by atoms with E-state index in [-0.39, 0.29) is 25.4 Å². The van der Waals surface area contributed by atoms with Gasteiger partial charge in [-0.05, 0) is 18.1 Å². The molecule has 11 heteroatoms. The first-order chi connectivity index (χ1) is 11.2. The van der Waals surface area contributed by atoms with Crippen molar-refractivity contribution in [3.05, 3.63) is 27.9 Å². The maximum absolute atomic E-state index is 12.9. The molecule has 3 aromatic rings. The summed E-state index contributed by atoms with van der Waals surface area (Å²) in [5, 5.41) is 7.63. The van der Waals surface area contributed by atoms with Crippen LogP contribution >= 0.6 is 34.5 Å². The molecule has 126 valence electrons. The summed E-state index contributed by atoms with van der Waals surface area (Å²) in [7, 11) is -3.99. The molecule has 0 spiro atoms. The number of hydrogen-bond donors (Lipinski definition) is 1. The van der Waals surface area contributed by atoms with Gasteiger partial charge in [-0.3, -0.25) is 0 Å². The fourth-order valence-corrected chi connectivity index (χ4v) is 4.71. The Hall–Kier alpha value is -1.55. The molecule has 1 aromatic carbocycles. The lowest BCUT2D eigenvalue weighted by Gasteiger charge is -2.12. The fraction of sp³-hybridized carbons (Fsp3) is 0.231. The number of rotatable bonds is 3. The fourth-order valence-electron chi connectivity index (χ4n) is 2.03. The van der Waals surface area contributed by atoms with E-state index in [2.05, 4.69) is 20.2 Å². The standard InChI is InChI=1S/C13H11Cl2N5O2S2/c1-5(2)10-11(24(21,22)13-20-19-12(16)23-13)18-9-4-7(15)6(14)3-8(9)17-10/h3-5H,1-2H3,(H2,16,19). The van der Waals surface area contributed by atoms with Crippen LogP contribution in [-0.2, 0) is 9.84 Å². The SMILES string of the molecule is CC(C)c1nc2cc(Cl)c(Cl)cc2nc1S(=O)(=O)c1nnc(N)s1. The number of aromatic nitrogens is 4. The Morgan fingerprint density at radius 3 is 2.17 bits per heavy atom. The van der Waals surface area contributed by atoms with Gasteiger partial charge in [-0.1, -0.05) is 48.4 Å². The minimum atomic E-state index is -3.99. The number of fused-ring (bicyclic) bond motifs is 1. The van der Waals surface area contributed by atoms with Gasteiger partial charge in [-0.15, -0.1) is 10.2 Å². The minimum absolute atomic E-state index is 0.0586. The Morgan fingerprint density at radius 1 is 1.08 bits per heavy atom. The van der Waals surface area contributed by atoms with Crippen LogP contribution in [0.15, 0.2) is 21.5 Å². The smallest absolute Gasteiger partial charge is 0.254 e. The van der Waals surface area contributed by atoms with Crippen LogP contribution in [0.3, 0.4) is 0 Å². The summed E-state index contributed by atoms with van der Waals surface area (Å²) in [4.78, 5) is 8.68. The third-order valence-electron chi connectivity index (χ3n) is 3.15. The number of sulfone groups is 1. The third kappa shape index (κ3) is 2.92. The lowest BCUT2D eigenvalue weighted by atomic mass is 10.1. The first-order valence-electron chi connectivity index (χ1n) is 6.71. The largest absolute Gasteiger partial charge is 0.374 e. The van der Waals surface area contributed by atoms with Crippen LogP contribution in [0, 0.1) is 0 Å². The second-order valence-corrected chi connectivity index (χ2v) is 9.10. The molecule has 0 aliphatic rings. The highest BCUT2D eigenvalue weighted by atomic mass is 35.5. The van der Waals surface area contributed by atoms with Crippen LogP contribution in [-0.4, -0.2) is 28.6 Å². The van der Waals surface area contributed by atoms with Gasteiger partial charge in [0.2, 0.25) is 9.47 Å². The molecule has 0 saturated carbocycles. The number of nitrogens with two attached hydrogens (primary N) is 1. The van der Waals surface area contributed by atoms with Crippen molar-refractivity contribution < 1.29 is 8.42 Å². The molecular weight excluding hydrogens is 393 g/mol. The minimum Gasteiger partial charge on any atom is -0.374 e. The maximum atomic E-state index is 12.9. The van der Waals surface area contributed by atoms with E-state index in [4.69, 9.17) is 28.9 Å². The zero-order valence-corrected chi connectivity index (χ0v) is 15.6. The summed E-state index contributed by atoms with van der Waals surface area (Å²) >= 11 is 12.8. The van der Waals surface area contributed by atoms with Gasteiger partial charge in [0, 0.05) is 0 Å². The van der Waals surface area contributed by atoms with Gasteiger partial charge in [0.15, 0.2) is 5.03 Å². The molecule has 0 unspecified atom stereocenters. The van der Waals surface area contributed by atoms with Crippen molar-refractivity contribution in [2.45, 2.75) is 29.1 Å². The van der Waals surface area contributed by atoms with Gasteiger partial charge in [-0.2, -0.15) is 0 Å².